The molecule has 0 aliphatic rings. The number of aromatic nitrogens is 4. The molecule has 2 atom stereocenters. The van der Waals surface area contributed by atoms with E-state index in [0.717, 1.165) is 6.42 Å². The molecule has 98 valence electrons. The van der Waals surface area contributed by atoms with Crippen LogP contribution >= 0.6 is 0 Å². The molecule has 1 heterocycles. The molecule has 0 radical (unpaired) electrons. The first-order valence-corrected chi connectivity index (χ1v) is 5.80. The van der Waals surface area contributed by atoms with Crippen molar-refractivity contribution in [3.63, 3.8) is 0 Å². The lowest BCUT2D eigenvalue weighted by molar-refractivity contribution is 0.111. The van der Waals surface area contributed by atoms with Gasteiger partial charge in [0.1, 0.15) is 0 Å². The van der Waals surface area contributed by atoms with Crippen molar-refractivity contribution < 1.29 is 0 Å². The molecule has 0 spiro atoms. The highest BCUT2D eigenvalue weighted by atomic mass is 15.6. The number of aryl methyl sites for hydroxylation is 1. The number of hydrazine groups is 1. The van der Waals surface area contributed by atoms with Crippen LogP contribution in [0.3, 0.4) is 0 Å². The van der Waals surface area contributed by atoms with Gasteiger partial charge in [-0.1, -0.05) is 6.92 Å². The summed E-state index contributed by atoms with van der Waals surface area (Å²) in [4.78, 5) is 3.63. The third kappa shape index (κ3) is 2.99. The second-order valence-corrected chi connectivity index (χ2v) is 4.72. The van der Waals surface area contributed by atoms with Crippen LogP contribution < -0.4 is 11.3 Å². The van der Waals surface area contributed by atoms with Crippen LogP contribution in [0.4, 0.5) is 0 Å². The van der Waals surface area contributed by atoms with Gasteiger partial charge in [-0.15, -0.1) is 10.2 Å². The number of rotatable bonds is 6. The van der Waals surface area contributed by atoms with Crippen LogP contribution in [0.25, 0.3) is 0 Å². The molecule has 2 unspecified atom stereocenters. The van der Waals surface area contributed by atoms with Crippen LogP contribution in [-0.4, -0.2) is 50.8 Å². The van der Waals surface area contributed by atoms with Gasteiger partial charge in [-0.05, 0) is 32.7 Å². The summed E-state index contributed by atoms with van der Waals surface area (Å²) in [5.41, 5.74) is 2.83. The summed E-state index contributed by atoms with van der Waals surface area (Å²) in [6.07, 6.45) is 1.64. The van der Waals surface area contributed by atoms with Gasteiger partial charge in [0, 0.05) is 18.0 Å². The van der Waals surface area contributed by atoms with Gasteiger partial charge in [-0.25, -0.2) is 0 Å². The summed E-state index contributed by atoms with van der Waals surface area (Å²) in [6, 6.07) is 0.0756. The zero-order valence-corrected chi connectivity index (χ0v) is 11.3. The Morgan fingerprint density at radius 3 is 2.53 bits per heavy atom. The van der Waals surface area contributed by atoms with Gasteiger partial charge in [0.25, 0.3) is 0 Å². The molecule has 7 heteroatoms. The van der Waals surface area contributed by atoms with Gasteiger partial charge < -0.3 is 4.90 Å². The zero-order chi connectivity index (χ0) is 13.1. The molecule has 1 aromatic heterocycles. The molecule has 0 bridgehead atoms. The predicted octanol–water partition coefficient (Wildman–Crippen LogP) is -0.685. The van der Waals surface area contributed by atoms with Crippen molar-refractivity contribution in [1.29, 1.82) is 0 Å². The Labute approximate surface area is 102 Å². The van der Waals surface area contributed by atoms with Crippen molar-refractivity contribution >= 4 is 0 Å². The van der Waals surface area contributed by atoms with Crippen molar-refractivity contribution in [2.75, 3.05) is 14.1 Å². The minimum Gasteiger partial charge on any atom is -0.302 e. The van der Waals surface area contributed by atoms with Gasteiger partial charge in [-0.3, -0.25) is 11.3 Å². The smallest absolute Gasteiger partial charge is 0.176 e. The Balaban J connectivity index is 2.83. The van der Waals surface area contributed by atoms with Crippen LogP contribution in [0.5, 0.6) is 0 Å². The normalized spacial score (nSPS) is 17.1. The van der Waals surface area contributed by atoms with Crippen LogP contribution in [0.15, 0.2) is 0 Å². The molecule has 7 nitrogen and oxygen atoms in total. The molecule has 0 aliphatic heterocycles. The molecule has 0 saturated carbocycles. The third-order valence-corrected chi connectivity index (χ3v) is 3.63. The average molecular weight is 241 g/mol. The standard InChI is InChI=1S/C10H23N7/c1-6-10(2,16(3)4)8(12-11)7-9-13-15-17(5)14-9/h8,12H,6-7,11H2,1-5H3. The average Bonchev–Trinajstić information content (AvgIpc) is 2.70. The Morgan fingerprint density at radius 1 is 1.53 bits per heavy atom. The molecule has 0 aliphatic carbocycles. The number of hydrogen-bond acceptors (Lipinski definition) is 6. The lowest BCUT2D eigenvalue weighted by Gasteiger charge is -2.42. The molecule has 17 heavy (non-hydrogen) atoms. The maximum Gasteiger partial charge on any atom is 0.176 e. The van der Waals surface area contributed by atoms with Crippen LogP contribution in [0.1, 0.15) is 26.1 Å². The highest BCUT2D eigenvalue weighted by Crippen LogP contribution is 2.22. The summed E-state index contributed by atoms with van der Waals surface area (Å²) >= 11 is 0. The predicted molar refractivity (Wildman–Crippen MR) is 66.0 cm³/mol. The molecular weight excluding hydrogens is 218 g/mol. The Morgan fingerprint density at radius 2 is 2.18 bits per heavy atom. The molecular formula is C10H23N7. The number of nitrogens with two attached hydrogens (primary N) is 1. The number of hydrogen-bond donors (Lipinski definition) is 2. The van der Waals surface area contributed by atoms with E-state index in [4.69, 9.17) is 5.84 Å². The lowest BCUT2D eigenvalue weighted by atomic mass is 9.86. The van der Waals surface area contributed by atoms with Gasteiger partial charge in [0.2, 0.25) is 0 Å². The number of tetrazole rings is 1. The van der Waals surface area contributed by atoms with E-state index in [1.54, 1.807) is 7.05 Å². The summed E-state index contributed by atoms with van der Waals surface area (Å²) in [6.45, 7) is 4.32. The quantitative estimate of drug-likeness (QED) is 0.507. The van der Waals surface area contributed by atoms with Gasteiger partial charge in [-0.2, -0.15) is 4.80 Å². The fourth-order valence-electron chi connectivity index (χ4n) is 1.92. The Kier molecular flexibility index (Phi) is 4.55. The van der Waals surface area contributed by atoms with E-state index in [9.17, 15) is 0 Å². The molecule has 3 N–H and O–H groups in total. The van der Waals surface area contributed by atoms with Crippen molar-refractivity contribution in [2.24, 2.45) is 12.9 Å². The summed E-state index contributed by atoms with van der Waals surface area (Å²) in [5, 5.41) is 12.0. The van der Waals surface area contributed by atoms with E-state index in [2.05, 4.69) is 53.7 Å². The second kappa shape index (κ2) is 5.52. The van der Waals surface area contributed by atoms with Gasteiger partial charge >= 0.3 is 0 Å². The Bertz CT molecular complexity index is 348. The topological polar surface area (TPSA) is 84.9 Å². The SMILES string of the molecule is CCC(C)(C(Cc1nnn(C)n1)NN)N(C)C. The third-order valence-electron chi connectivity index (χ3n) is 3.63. The Hall–Kier alpha value is -1.05. The second-order valence-electron chi connectivity index (χ2n) is 4.72. The summed E-state index contributed by atoms with van der Waals surface area (Å²) in [7, 11) is 5.86. The van der Waals surface area contributed by atoms with Crippen LogP contribution in [-0.2, 0) is 13.5 Å². The summed E-state index contributed by atoms with van der Waals surface area (Å²) in [5.74, 6) is 6.37. The maximum absolute atomic E-state index is 5.67. The maximum atomic E-state index is 5.67. The van der Waals surface area contributed by atoms with Crippen molar-refractivity contribution in [3.8, 4) is 0 Å². The monoisotopic (exact) mass is 241 g/mol. The van der Waals surface area contributed by atoms with Gasteiger partial charge in [0.15, 0.2) is 5.82 Å². The molecule has 0 aromatic carbocycles. The van der Waals surface area contributed by atoms with E-state index in [0.29, 0.717) is 12.2 Å². The van der Waals surface area contributed by atoms with E-state index in [1.807, 2.05) is 0 Å². The van der Waals surface area contributed by atoms with Crippen molar-refractivity contribution in [1.82, 2.24) is 30.5 Å². The summed E-state index contributed by atoms with van der Waals surface area (Å²) < 4.78 is 0. The lowest BCUT2D eigenvalue weighted by Crippen LogP contribution is -2.59. The van der Waals surface area contributed by atoms with E-state index < -0.39 is 0 Å². The minimum atomic E-state index is -0.0477. The number of likely N-dealkylation sites (N-methyl/N-ethyl adjacent to an activating group) is 1. The first kappa shape index (κ1) is 14.0. The first-order valence-electron chi connectivity index (χ1n) is 5.80. The first-order chi connectivity index (χ1) is 7.93. The van der Waals surface area contributed by atoms with E-state index in [1.165, 1.54) is 4.80 Å². The molecule has 1 rings (SSSR count). The molecule has 1 aromatic rings. The minimum absolute atomic E-state index is 0.0477. The van der Waals surface area contributed by atoms with Crippen LogP contribution in [0, 0.1) is 0 Å². The van der Waals surface area contributed by atoms with Crippen LogP contribution in [0.2, 0.25) is 0 Å². The van der Waals surface area contributed by atoms with Gasteiger partial charge in [0.05, 0.1) is 7.05 Å². The van der Waals surface area contributed by atoms with E-state index in [-0.39, 0.29) is 11.6 Å². The number of nitrogens with zero attached hydrogens (tertiary/aromatic N) is 5. The highest BCUT2D eigenvalue weighted by Gasteiger charge is 2.35. The molecule has 0 fully saturated rings. The molecule has 0 amide bonds. The fourth-order valence-corrected chi connectivity index (χ4v) is 1.92. The highest BCUT2D eigenvalue weighted by molar-refractivity contribution is 4.98. The van der Waals surface area contributed by atoms with Crippen molar-refractivity contribution in [3.05, 3.63) is 5.82 Å². The van der Waals surface area contributed by atoms with Crippen molar-refractivity contribution in [2.45, 2.75) is 38.3 Å². The fraction of sp³-hybridized carbons (Fsp3) is 0.900. The largest absolute Gasteiger partial charge is 0.302 e. The molecule has 0 saturated heterocycles. The number of nitrogens with one attached hydrogen (secondary N) is 1. The van der Waals surface area contributed by atoms with E-state index >= 15 is 0 Å². The zero-order valence-electron chi connectivity index (χ0n) is 11.3.